The largest absolute Gasteiger partial charge is 0.353 e. The lowest BCUT2D eigenvalue weighted by Crippen LogP contribution is -2.48. The predicted octanol–water partition coefficient (Wildman–Crippen LogP) is 2.84. The summed E-state index contributed by atoms with van der Waals surface area (Å²) in [6.07, 6.45) is 1.41. The average molecular weight is 345 g/mol. The summed E-state index contributed by atoms with van der Waals surface area (Å²) in [4.78, 5) is 23.9. The minimum Gasteiger partial charge on any atom is -0.353 e. The van der Waals surface area contributed by atoms with Crippen LogP contribution >= 0.6 is 24.0 Å². The molecule has 2 rings (SSSR count). The first-order valence-corrected chi connectivity index (χ1v) is 7.73. The van der Waals surface area contributed by atoms with Crippen LogP contribution in [0.3, 0.4) is 0 Å². The number of rotatable bonds is 5. The van der Waals surface area contributed by atoms with Gasteiger partial charge in [-0.3, -0.25) is 9.59 Å². The smallest absolute Gasteiger partial charge is 0.220 e. The van der Waals surface area contributed by atoms with Gasteiger partial charge in [0.15, 0.2) is 5.78 Å². The van der Waals surface area contributed by atoms with Gasteiger partial charge < -0.3 is 10.6 Å². The van der Waals surface area contributed by atoms with Crippen LogP contribution in [0.15, 0.2) is 24.3 Å². The van der Waals surface area contributed by atoms with Crippen molar-refractivity contribution in [2.24, 2.45) is 5.92 Å². The molecule has 122 valence electrons. The summed E-state index contributed by atoms with van der Waals surface area (Å²) < 4.78 is 0. The van der Waals surface area contributed by atoms with Crippen molar-refractivity contribution < 1.29 is 9.59 Å². The highest BCUT2D eigenvalue weighted by atomic mass is 35.5. The molecular weight excluding hydrogens is 323 g/mol. The second kappa shape index (κ2) is 9.13. The van der Waals surface area contributed by atoms with E-state index in [1.165, 1.54) is 0 Å². The lowest BCUT2D eigenvalue weighted by atomic mass is 9.95. The Labute approximate surface area is 142 Å². The molecule has 0 aromatic heterocycles. The van der Waals surface area contributed by atoms with E-state index in [1.807, 2.05) is 0 Å². The van der Waals surface area contributed by atoms with Crippen LogP contribution in [0.25, 0.3) is 0 Å². The fourth-order valence-corrected chi connectivity index (χ4v) is 2.64. The van der Waals surface area contributed by atoms with Gasteiger partial charge in [-0.15, -0.1) is 12.4 Å². The predicted molar refractivity (Wildman–Crippen MR) is 90.8 cm³/mol. The number of piperidine rings is 1. The number of hydrogen-bond donors (Lipinski definition) is 2. The van der Waals surface area contributed by atoms with Crippen molar-refractivity contribution >= 4 is 35.7 Å². The Kier molecular flexibility index (Phi) is 7.87. The molecule has 6 heteroatoms. The third-order valence-electron chi connectivity index (χ3n) is 3.88. The first kappa shape index (κ1) is 18.9. The van der Waals surface area contributed by atoms with E-state index in [4.69, 9.17) is 11.6 Å². The van der Waals surface area contributed by atoms with Crippen molar-refractivity contribution in [3.05, 3.63) is 34.9 Å². The number of carbonyl (C=O) groups is 2. The lowest BCUT2D eigenvalue weighted by Gasteiger charge is -2.30. The van der Waals surface area contributed by atoms with Gasteiger partial charge in [0.2, 0.25) is 5.91 Å². The van der Waals surface area contributed by atoms with Crippen LogP contribution in [0.5, 0.6) is 0 Å². The molecule has 2 unspecified atom stereocenters. The number of Topliss-reactive ketones (excluding diaryl/α,β-unsaturated/α-hetero) is 1. The third-order valence-corrected chi connectivity index (χ3v) is 4.13. The standard InChI is InChI=1S/C16H21ClN2O2.ClH/c1-11-10-18-9-8-14(11)19-16(21)7-6-15(20)12-2-4-13(17)5-3-12;/h2-5,11,14,18H,6-10H2,1H3,(H,19,21);1H. The molecule has 1 aliphatic heterocycles. The van der Waals surface area contributed by atoms with Crippen LogP contribution in [0.4, 0.5) is 0 Å². The monoisotopic (exact) mass is 344 g/mol. The van der Waals surface area contributed by atoms with Gasteiger partial charge in [0.05, 0.1) is 0 Å². The molecule has 4 nitrogen and oxygen atoms in total. The molecule has 2 N–H and O–H groups in total. The zero-order valence-electron chi connectivity index (χ0n) is 12.6. The SMILES string of the molecule is CC1CNCCC1NC(=O)CCC(=O)c1ccc(Cl)cc1.Cl. The highest BCUT2D eigenvalue weighted by Gasteiger charge is 2.22. The summed E-state index contributed by atoms with van der Waals surface area (Å²) in [6, 6.07) is 6.97. The van der Waals surface area contributed by atoms with Crippen molar-refractivity contribution in [2.75, 3.05) is 13.1 Å². The number of carbonyl (C=O) groups excluding carboxylic acids is 2. The second-order valence-electron chi connectivity index (χ2n) is 5.57. The number of amides is 1. The van der Waals surface area contributed by atoms with Gasteiger partial charge in [0.25, 0.3) is 0 Å². The van der Waals surface area contributed by atoms with Crippen LogP contribution in [0, 0.1) is 5.92 Å². The molecule has 1 amide bonds. The normalized spacial score (nSPS) is 20.8. The summed E-state index contributed by atoms with van der Waals surface area (Å²) in [7, 11) is 0. The molecule has 1 aliphatic rings. The Morgan fingerprint density at radius 3 is 2.59 bits per heavy atom. The zero-order valence-corrected chi connectivity index (χ0v) is 14.2. The number of ketones is 1. The first-order chi connectivity index (χ1) is 10.1. The summed E-state index contributed by atoms with van der Waals surface area (Å²) in [5, 5.41) is 6.93. The fourth-order valence-electron chi connectivity index (χ4n) is 2.51. The molecule has 0 spiro atoms. The van der Waals surface area contributed by atoms with E-state index in [1.54, 1.807) is 24.3 Å². The van der Waals surface area contributed by atoms with Gasteiger partial charge in [0.1, 0.15) is 0 Å². The first-order valence-electron chi connectivity index (χ1n) is 7.35. The Balaban J connectivity index is 0.00000242. The van der Waals surface area contributed by atoms with Crippen molar-refractivity contribution in [1.29, 1.82) is 0 Å². The molecule has 1 saturated heterocycles. The van der Waals surface area contributed by atoms with Crippen molar-refractivity contribution in [3.8, 4) is 0 Å². The summed E-state index contributed by atoms with van der Waals surface area (Å²) >= 11 is 5.79. The van der Waals surface area contributed by atoms with E-state index in [0.29, 0.717) is 16.5 Å². The molecule has 1 aromatic rings. The second-order valence-corrected chi connectivity index (χ2v) is 6.01. The van der Waals surface area contributed by atoms with E-state index in [2.05, 4.69) is 17.6 Å². The summed E-state index contributed by atoms with van der Waals surface area (Å²) in [5.74, 6) is 0.353. The van der Waals surface area contributed by atoms with Gasteiger partial charge in [-0.1, -0.05) is 18.5 Å². The van der Waals surface area contributed by atoms with Crippen molar-refractivity contribution in [1.82, 2.24) is 10.6 Å². The van der Waals surface area contributed by atoms with Crippen LogP contribution in [0.1, 0.15) is 36.5 Å². The topological polar surface area (TPSA) is 58.2 Å². The molecule has 1 heterocycles. The molecular formula is C16H22Cl2N2O2. The van der Waals surface area contributed by atoms with Gasteiger partial charge in [-0.05, 0) is 49.7 Å². The Hall–Kier alpha value is -1.10. The molecule has 0 saturated carbocycles. The van der Waals surface area contributed by atoms with Crippen molar-refractivity contribution in [3.63, 3.8) is 0 Å². The molecule has 0 aliphatic carbocycles. The number of hydrogen-bond acceptors (Lipinski definition) is 3. The Bertz CT molecular complexity index is 505. The maximum absolute atomic E-state index is 12.0. The van der Waals surface area contributed by atoms with E-state index < -0.39 is 0 Å². The van der Waals surface area contributed by atoms with Gasteiger partial charge in [-0.2, -0.15) is 0 Å². The maximum Gasteiger partial charge on any atom is 0.220 e. The van der Waals surface area contributed by atoms with Crippen LogP contribution < -0.4 is 10.6 Å². The van der Waals surface area contributed by atoms with E-state index in [9.17, 15) is 9.59 Å². The summed E-state index contributed by atoms with van der Waals surface area (Å²) in [6.45, 7) is 3.98. The minimum atomic E-state index is -0.0453. The highest BCUT2D eigenvalue weighted by Crippen LogP contribution is 2.13. The molecule has 2 atom stereocenters. The number of halogens is 2. The van der Waals surface area contributed by atoms with Gasteiger partial charge in [-0.25, -0.2) is 0 Å². The van der Waals surface area contributed by atoms with E-state index in [0.717, 1.165) is 19.5 Å². The van der Waals surface area contributed by atoms with E-state index >= 15 is 0 Å². The highest BCUT2D eigenvalue weighted by molar-refractivity contribution is 6.30. The maximum atomic E-state index is 12.0. The van der Waals surface area contributed by atoms with Crippen LogP contribution in [-0.4, -0.2) is 30.8 Å². The third kappa shape index (κ3) is 5.59. The van der Waals surface area contributed by atoms with Gasteiger partial charge in [0, 0.05) is 29.5 Å². The number of nitrogens with one attached hydrogen (secondary N) is 2. The van der Waals surface area contributed by atoms with Crippen molar-refractivity contribution in [2.45, 2.75) is 32.2 Å². The minimum absolute atomic E-state index is 0. The molecule has 22 heavy (non-hydrogen) atoms. The Morgan fingerprint density at radius 2 is 1.95 bits per heavy atom. The molecule has 0 bridgehead atoms. The molecule has 0 radical (unpaired) electrons. The quantitative estimate of drug-likeness (QED) is 0.807. The van der Waals surface area contributed by atoms with Crippen LogP contribution in [0.2, 0.25) is 5.02 Å². The molecule has 1 fully saturated rings. The average Bonchev–Trinajstić information content (AvgIpc) is 2.48. The van der Waals surface area contributed by atoms with E-state index in [-0.39, 0.29) is 43.0 Å². The van der Waals surface area contributed by atoms with Crippen LogP contribution in [-0.2, 0) is 4.79 Å². The number of benzene rings is 1. The zero-order chi connectivity index (χ0) is 15.2. The summed E-state index contributed by atoms with van der Waals surface area (Å²) in [5.41, 5.74) is 0.599. The molecule has 1 aromatic carbocycles. The Morgan fingerprint density at radius 1 is 1.27 bits per heavy atom. The fraction of sp³-hybridized carbons (Fsp3) is 0.500. The lowest BCUT2D eigenvalue weighted by molar-refractivity contribution is -0.122. The van der Waals surface area contributed by atoms with Gasteiger partial charge >= 0.3 is 0 Å².